The van der Waals surface area contributed by atoms with E-state index in [9.17, 15) is 4.79 Å². The molecule has 0 saturated carbocycles. The fourth-order valence-corrected chi connectivity index (χ4v) is 2.78. The van der Waals surface area contributed by atoms with Gasteiger partial charge < -0.3 is 14.6 Å². The van der Waals surface area contributed by atoms with E-state index in [4.69, 9.17) is 4.42 Å². The number of anilines is 1. The highest BCUT2D eigenvalue weighted by Crippen LogP contribution is 2.17. The lowest BCUT2D eigenvalue weighted by molar-refractivity contribution is -0.117. The molecule has 3 rings (SSSR count). The molecule has 1 fully saturated rings. The molecule has 1 aliphatic heterocycles. The smallest absolute Gasteiger partial charge is 0.244 e. The van der Waals surface area contributed by atoms with Crippen molar-refractivity contribution in [1.82, 2.24) is 14.1 Å². The first-order valence-electron chi connectivity index (χ1n) is 6.86. The zero-order valence-electron chi connectivity index (χ0n) is 11.4. The van der Waals surface area contributed by atoms with Gasteiger partial charge in [0.05, 0.1) is 24.2 Å². The third-order valence-electron chi connectivity index (χ3n) is 3.46. The van der Waals surface area contributed by atoms with Crippen molar-refractivity contribution in [2.24, 2.45) is 0 Å². The Kier molecular flexibility index (Phi) is 4.30. The summed E-state index contributed by atoms with van der Waals surface area (Å²) in [4.78, 5) is 14.0. The number of nitrogens with zero attached hydrogens (tertiary/aromatic N) is 3. The monoisotopic (exact) mass is 304 g/mol. The number of carbonyl (C=O) groups excluding carboxylic acids is 1. The van der Waals surface area contributed by atoms with Gasteiger partial charge in [-0.25, -0.2) is 0 Å². The average Bonchev–Trinajstić information content (AvgIpc) is 3.19. The van der Waals surface area contributed by atoms with E-state index in [2.05, 4.69) is 19.0 Å². The highest BCUT2D eigenvalue weighted by molar-refractivity contribution is 6.99. The van der Waals surface area contributed by atoms with Crippen LogP contribution in [0.5, 0.6) is 0 Å². The maximum atomic E-state index is 11.8. The maximum Gasteiger partial charge on any atom is 0.244 e. The Morgan fingerprint density at radius 3 is 3.00 bits per heavy atom. The van der Waals surface area contributed by atoms with Crippen LogP contribution in [0.2, 0.25) is 0 Å². The van der Waals surface area contributed by atoms with Gasteiger partial charge in [0.15, 0.2) is 5.82 Å². The standard InChI is InChI=1S/C14H16N4O2S/c19-14(4-3-12-2-1-9-20-12)16-11-5-7-18(8-6-11)13-10-15-21-17-13/h1-4,9-11H,5-8H2,(H,16,19)/b4-3+. The predicted molar refractivity (Wildman–Crippen MR) is 81.0 cm³/mol. The molecular formula is C14H16N4O2S. The van der Waals surface area contributed by atoms with Crippen LogP contribution >= 0.6 is 11.7 Å². The predicted octanol–water partition coefficient (Wildman–Crippen LogP) is 1.93. The first-order valence-corrected chi connectivity index (χ1v) is 7.59. The number of amides is 1. The average molecular weight is 304 g/mol. The molecule has 21 heavy (non-hydrogen) atoms. The number of hydrogen-bond acceptors (Lipinski definition) is 6. The number of carbonyl (C=O) groups is 1. The van der Waals surface area contributed by atoms with Crippen LogP contribution in [0.4, 0.5) is 5.82 Å². The highest BCUT2D eigenvalue weighted by atomic mass is 32.1. The van der Waals surface area contributed by atoms with E-state index in [0.717, 1.165) is 31.7 Å². The molecule has 110 valence electrons. The van der Waals surface area contributed by atoms with Gasteiger partial charge in [-0.2, -0.15) is 8.75 Å². The van der Waals surface area contributed by atoms with E-state index in [1.165, 1.54) is 17.8 Å². The molecule has 1 N–H and O–H groups in total. The number of piperidine rings is 1. The molecule has 2 aromatic heterocycles. The second-order valence-electron chi connectivity index (χ2n) is 4.88. The van der Waals surface area contributed by atoms with E-state index in [1.807, 2.05) is 6.07 Å². The molecule has 0 unspecified atom stereocenters. The molecule has 1 aliphatic rings. The first kappa shape index (κ1) is 13.8. The molecule has 0 spiro atoms. The Morgan fingerprint density at radius 2 is 2.33 bits per heavy atom. The third-order valence-corrected chi connectivity index (χ3v) is 3.93. The number of furan rings is 1. The van der Waals surface area contributed by atoms with Gasteiger partial charge in [-0.1, -0.05) is 0 Å². The van der Waals surface area contributed by atoms with Gasteiger partial charge in [0.25, 0.3) is 0 Å². The molecule has 0 atom stereocenters. The zero-order valence-corrected chi connectivity index (χ0v) is 12.3. The summed E-state index contributed by atoms with van der Waals surface area (Å²) in [6, 6.07) is 3.81. The van der Waals surface area contributed by atoms with Crippen molar-refractivity contribution in [2.75, 3.05) is 18.0 Å². The number of aromatic nitrogens is 2. The fraction of sp³-hybridized carbons (Fsp3) is 0.357. The Bertz CT molecular complexity index is 587. The molecule has 7 heteroatoms. The summed E-state index contributed by atoms with van der Waals surface area (Å²) in [6.45, 7) is 1.77. The molecule has 0 bridgehead atoms. The van der Waals surface area contributed by atoms with Crippen LogP contribution in [0.25, 0.3) is 6.08 Å². The molecular weight excluding hydrogens is 288 g/mol. The minimum Gasteiger partial charge on any atom is -0.465 e. The van der Waals surface area contributed by atoms with Crippen molar-refractivity contribution in [3.05, 3.63) is 36.4 Å². The molecule has 1 saturated heterocycles. The van der Waals surface area contributed by atoms with Crippen molar-refractivity contribution < 1.29 is 9.21 Å². The fourth-order valence-electron chi connectivity index (χ4n) is 2.35. The van der Waals surface area contributed by atoms with E-state index in [-0.39, 0.29) is 11.9 Å². The van der Waals surface area contributed by atoms with Crippen LogP contribution < -0.4 is 10.2 Å². The summed E-state index contributed by atoms with van der Waals surface area (Å²) in [5, 5.41) is 3.02. The Labute approximate surface area is 126 Å². The lowest BCUT2D eigenvalue weighted by Gasteiger charge is -2.31. The zero-order chi connectivity index (χ0) is 14.5. The second-order valence-corrected chi connectivity index (χ2v) is 5.44. The molecule has 6 nitrogen and oxygen atoms in total. The van der Waals surface area contributed by atoms with E-state index >= 15 is 0 Å². The normalized spacial score (nSPS) is 16.5. The molecule has 0 radical (unpaired) electrons. The summed E-state index contributed by atoms with van der Waals surface area (Å²) < 4.78 is 13.4. The van der Waals surface area contributed by atoms with Crippen LogP contribution in [0.3, 0.4) is 0 Å². The summed E-state index contributed by atoms with van der Waals surface area (Å²) in [5.74, 6) is 1.53. The summed E-state index contributed by atoms with van der Waals surface area (Å²) in [5.41, 5.74) is 0. The van der Waals surface area contributed by atoms with Gasteiger partial charge in [-0.15, -0.1) is 0 Å². The van der Waals surface area contributed by atoms with Crippen molar-refractivity contribution in [3.63, 3.8) is 0 Å². The Balaban J connectivity index is 1.46. The number of rotatable bonds is 4. The highest BCUT2D eigenvalue weighted by Gasteiger charge is 2.21. The topological polar surface area (TPSA) is 71.3 Å². The summed E-state index contributed by atoms with van der Waals surface area (Å²) in [6.07, 6.45) is 8.38. The van der Waals surface area contributed by atoms with Gasteiger partial charge in [0, 0.05) is 25.2 Å². The van der Waals surface area contributed by atoms with Crippen molar-refractivity contribution >= 4 is 29.5 Å². The van der Waals surface area contributed by atoms with Crippen LogP contribution in [0.1, 0.15) is 18.6 Å². The van der Waals surface area contributed by atoms with Crippen LogP contribution in [-0.4, -0.2) is 33.8 Å². The Hall–Kier alpha value is -2.15. The molecule has 2 aromatic rings. The molecule has 0 aromatic carbocycles. The first-order chi connectivity index (χ1) is 10.3. The van der Waals surface area contributed by atoms with Crippen molar-refractivity contribution in [3.8, 4) is 0 Å². The summed E-state index contributed by atoms with van der Waals surface area (Å²) in [7, 11) is 0. The minimum absolute atomic E-state index is 0.0832. The van der Waals surface area contributed by atoms with Gasteiger partial charge in [-0.3, -0.25) is 4.79 Å². The molecule has 0 aliphatic carbocycles. The van der Waals surface area contributed by atoms with Crippen molar-refractivity contribution in [2.45, 2.75) is 18.9 Å². The third kappa shape index (κ3) is 3.69. The second kappa shape index (κ2) is 6.53. The lowest BCUT2D eigenvalue weighted by Crippen LogP contribution is -2.44. The summed E-state index contributed by atoms with van der Waals surface area (Å²) >= 11 is 1.22. The van der Waals surface area contributed by atoms with Crippen LogP contribution in [-0.2, 0) is 4.79 Å². The minimum atomic E-state index is -0.0832. The van der Waals surface area contributed by atoms with E-state index in [0.29, 0.717) is 5.76 Å². The quantitative estimate of drug-likeness (QED) is 0.874. The Morgan fingerprint density at radius 1 is 1.48 bits per heavy atom. The molecule has 1 amide bonds. The number of nitrogens with one attached hydrogen (secondary N) is 1. The van der Waals surface area contributed by atoms with Crippen LogP contribution in [0.15, 0.2) is 35.1 Å². The lowest BCUT2D eigenvalue weighted by atomic mass is 10.1. The largest absolute Gasteiger partial charge is 0.465 e. The van der Waals surface area contributed by atoms with Crippen LogP contribution in [0, 0.1) is 0 Å². The van der Waals surface area contributed by atoms with Crippen molar-refractivity contribution in [1.29, 1.82) is 0 Å². The number of hydrogen-bond donors (Lipinski definition) is 1. The van der Waals surface area contributed by atoms with Gasteiger partial charge in [-0.05, 0) is 31.1 Å². The van der Waals surface area contributed by atoms with Gasteiger partial charge >= 0.3 is 0 Å². The van der Waals surface area contributed by atoms with E-state index in [1.54, 1.807) is 24.6 Å². The van der Waals surface area contributed by atoms with E-state index < -0.39 is 0 Å². The van der Waals surface area contributed by atoms with Gasteiger partial charge in [0.1, 0.15) is 5.76 Å². The molecule has 3 heterocycles. The maximum absolute atomic E-state index is 11.8. The SMILES string of the molecule is O=C(/C=C/c1ccco1)NC1CCN(c2cnsn2)CC1. The van der Waals surface area contributed by atoms with Gasteiger partial charge in [0.2, 0.25) is 5.91 Å².